The van der Waals surface area contributed by atoms with E-state index in [1.54, 1.807) is 6.20 Å². The molecule has 0 atom stereocenters. The molecular formula is C12H18ClN3. The summed E-state index contributed by atoms with van der Waals surface area (Å²) < 4.78 is 0. The molecule has 0 spiro atoms. The smallest absolute Gasteiger partial charge is 0.148 e. The molecule has 4 heteroatoms. The fourth-order valence-electron chi connectivity index (χ4n) is 2.49. The number of rotatable bonds is 4. The van der Waals surface area contributed by atoms with Crippen molar-refractivity contribution in [1.82, 2.24) is 9.97 Å². The van der Waals surface area contributed by atoms with Crippen molar-refractivity contribution in [3.05, 3.63) is 17.5 Å². The predicted molar refractivity (Wildman–Crippen MR) is 66.7 cm³/mol. The zero-order valence-corrected chi connectivity index (χ0v) is 10.4. The summed E-state index contributed by atoms with van der Waals surface area (Å²) in [6.07, 6.45) is 9.73. The van der Waals surface area contributed by atoms with Gasteiger partial charge < -0.3 is 5.32 Å². The van der Waals surface area contributed by atoms with Crippen LogP contribution in [0.3, 0.4) is 0 Å². The van der Waals surface area contributed by atoms with Gasteiger partial charge in [0.2, 0.25) is 0 Å². The molecule has 0 amide bonds. The van der Waals surface area contributed by atoms with Crippen LogP contribution in [0, 0.1) is 5.41 Å². The van der Waals surface area contributed by atoms with E-state index >= 15 is 0 Å². The fraction of sp³-hybridized carbons (Fsp3) is 0.667. The van der Waals surface area contributed by atoms with Crippen LogP contribution < -0.4 is 5.32 Å². The molecule has 16 heavy (non-hydrogen) atoms. The molecule has 0 bridgehead atoms. The van der Waals surface area contributed by atoms with E-state index in [2.05, 4.69) is 22.2 Å². The van der Waals surface area contributed by atoms with E-state index in [0.29, 0.717) is 10.4 Å². The summed E-state index contributed by atoms with van der Waals surface area (Å²) >= 11 is 6.01. The van der Waals surface area contributed by atoms with E-state index in [9.17, 15) is 0 Å². The third kappa shape index (κ3) is 2.46. The molecule has 0 aromatic carbocycles. The minimum Gasteiger partial charge on any atom is -0.368 e. The molecule has 1 saturated carbocycles. The van der Waals surface area contributed by atoms with Gasteiger partial charge in [-0.15, -0.1) is 0 Å². The second kappa shape index (κ2) is 5.00. The van der Waals surface area contributed by atoms with Crippen LogP contribution in [-0.2, 0) is 0 Å². The molecule has 3 nitrogen and oxygen atoms in total. The highest BCUT2D eigenvalue weighted by atomic mass is 35.5. The normalized spacial score (nSPS) is 18.6. The first-order chi connectivity index (χ1) is 7.76. The van der Waals surface area contributed by atoms with Crippen molar-refractivity contribution < 1.29 is 0 Å². The Labute approximate surface area is 102 Å². The minimum atomic E-state index is 0.453. The van der Waals surface area contributed by atoms with Gasteiger partial charge in [-0.2, -0.15) is 0 Å². The molecule has 0 radical (unpaired) electrons. The van der Waals surface area contributed by atoms with Crippen LogP contribution in [0.15, 0.2) is 12.5 Å². The lowest BCUT2D eigenvalue weighted by atomic mass is 9.83. The molecule has 0 aliphatic heterocycles. The summed E-state index contributed by atoms with van der Waals surface area (Å²) in [5.74, 6) is 0.761. The van der Waals surface area contributed by atoms with Gasteiger partial charge in [0.15, 0.2) is 0 Å². The largest absolute Gasteiger partial charge is 0.368 e. The van der Waals surface area contributed by atoms with Gasteiger partial charge in [-0.25, -0.2) is 9.97 Å². The third-order valence-electron chi connectivity index (χ3n) is 3.71. The van der Waals surface area contributed by atoms with E-state index in [1.807, 2.05) is 0 Å². The number of halogens is 1. The van der Waals surface area contributed by atoms with Crippen molar-refractivity contribution in [2.75, 3.05) is 11.9 Å². The van der Waals surface area contributed by atoms with Crippen LogP contribution in [0.4, 0.5) is 5.82 Å². The maximum Gasteiger partial charge on any atom is 0.148 e. The average molecular weight is 240 g/mol. The minimum absolute atomic E-state index is 0.453. The molecule has 1 aromatic heterocycles. The van der Waals surface area contributed by atoms with Gasteiger partial charge in [-0.1, -0.05) is 31.4 Å². The van der Waals surface area contributed by atoms with Gasteiger partial charge in [0.05, 0.1) is 6.20 Å². The Morgan fingerprint density at radius 1 is 1.44 bits per heavy atom. The predicted octanol–water partition coefficient (Wildman–Crippen LogP) is 3.51. The average Bonchev–Trinajstić information content (AvgIpc) is 2.78. The van der Waals surface area contributed by atoms with Crippen LogP contribution >= 0.6 is 11.6 Å². The second-order valence-electron chi connectivity index (χ2n) is 4.63. The first kappa shape index (κ1) is 11.6. The number of hydrogen-bond donors (Lipinski definition) is 1. The summed E-state index contributed by atoms with van der Waals surface area (Å²) in [7, 11) is 0. The van der Waals surface area contributed by atoms with Crippen LogP contribution in [-0.4, -0.2) is 16.5 Å². The van der Waals surface area contributed by atoms with Gasteiger partial charge in [0, 0.05) is 6.54 Å². The molecule has 1 aromatic rings. The van der Waals surface area contributed by atoms with Crippen molar-refractivity contribution in [3.8, 4) is 0 Å². The Bertz CT molecular complexity index is 348. The molecule has 1 aliphatic carbocycles. The summed E-state index contributed by atoms with van der Waals surface area (Å²) in [4.78, 5) is 8.03. The fourth-order valence-corrected chi connectivity index (χ4v) is 2.67. The molecule has 1 fully saturated rings. The Morgan fingerprint density at radius 2 is 2.19 bits per heavy atom. The van der Waals surface area contributed by atoms with E-state index in [-0.39, 0.29) is 0 Å². The monoisotopic (exact) mass is 239 g/mol. The summed E-state index contributed by atoms with van der Waals surface area (Å²) in [5, 5.41) is 3.97. The highest BCUT2D eigenvalue weighted by Gasteiger charge is 2.31. The van der Waals surface area contributed by atoms with E-state index < -0.39 is 0 Å². The molecule has 2 rings (SSSR count). The Hall–Kier alpha value is -0.830. The highest BCUT2D eigenvalue weighted by molar-refractivity contribution is 6.32. The van der Waals surface area contributed by atoms with Gasteiger partial charge >= 0.3 is 0 Å². The van der Waals surface area contributed by atoms with Crippen molar-refractivity contribution in [1.29, 1.82) is 0 Å². The SMILES string of the molecule is CCC1(CNc2ncncc2Cl)CCCC1. The lowest BCUT2D eigenvalue weighted by Gasteiger charge is -2.28. The van der Waals surface area contributed by atoms with Crippen molar-refractivity contribution in [3.63, 3.8) is 0 Å². The Balaban J connectivity index is 1.98. The van der Waals surface area contributed by atoms with E-state index in [1.165, 1.54) is 38.4 Å². The Kier molecular flexibility index (Phi) is 3.64. The zero-order valence-electron chi connectivity index (χ0n) is 9.67. The van der Waals surface area contributed by atoms with Gasteiger partial charge in [0.25, 0.3) is 0 Å². The van der Waals surface area contributed by atoms with Crippen LogP contribution in [0.5, 0.6) is 0 Å². The molecule has 0 saturated heterocycles. The maximum atomic E-state index is 6.01. The number of nitrogens with zero attached hydrogens (tertiary/aromatic N) is 2. The van der Waals surface area contributed by atoms with Gasteiger partial charge in [-0.3, -0.25) is 0 Å². The van der Waals surface area contributed by atoms with Crippen molar-refractivity contribution in [2.45, 2.75) is 39.0 Å². The number of anilines is 1. The number of aromatic nitrogens is 2. The zero-order chi connectivity index (χ0) is 11.4. The second-order valence-corrected chi connectivity index (χ2v) is 5.04. The van der Waals surface area contributed by atoms with Crippen LogP contribution in [0.2, 0.25) is 5.02 Å². The van der Waals surface area contributed by atoms with Gasteiger partial charge in [-0.05, 0) is 24.7 Å². The number of nitrogens with one attached hydrogen (secondary N) is 1. The molecule has 1 aliphatic rings. The van der Waals surface area contributed by atoms with Crippen LogP contribution in [0.1, 0.15) is 39.0 Å². The summed E-state index contributed by atoms with van der Waals surface area (Å²) in [6.45, 7) is 3.24. The number of hydrogen-bond acceptors (Lipinski definition) is 3. The molecule has 1 heterocycles. The molecule has 88 valence electrons. The molecular weight excluding hydrogens is 222 g/mol. The first-order valence-corrected chi connectivity index (χ1v) is 6.33. The first-order valence-electron chi connectivity index (χ1n) is 5.95. The van der Waals surface area contributed by atoms with E-state index in [0.717, 1.165) is 12.4 Å². The van der Waals surface area contributed by atoms with Crippen molar-refractivity contribution in [2.24, 2.45) is 5.41 Å². The highest BCUT2D eigenvalue weighted by Crippen LogP contribution is 2.41. The standard InChI is InChI=1S/C12H18ClN3/c1-2-12(5-3-4-6-12)8-15-11-10(13)7-14-9-16-11/h7,9H,2-6,8H2,1H3,(H,14,15,16). The third-order valence-corrected chi connectivity index (χ3v) is 3.99. The Morgan fingerprint density at radius 3 is 2.81 bits per heavy atom. The lowest BCUT2D eigenvalue weighted by Crippen LogP contribution is -2.26. The summed E-state index contributed by atoms with van der Waals surface area (Å²) in [5.41, 5.74) is 0.453. The van der Waals surface area contributed by atoms with Crippen molar-refractivity contribution >= 4 is 17.4 Å². The van der Waals surface area contributed by atoms with Gasteiger partial charge in [0.1, 0.15) is 17.2 Å². The van der Waals surface area contributed by atoms with E-state index in [4.69, 9.17) is 11.6 Å². The molecule has 0 unspecified atom stereocenters. The lowest BCUT2D eigenvalue weighted by molar-refractivity contribution is 0.306. The summed E-state index contributed by atoms with van der Waals surface area (Å²) in [6, 6.07) is 0. The molecule has 1 N–H and O–H groups in total. The topological polar surface area (TPSA) is 37.8 Å². The maximum absolute atomic E-state index is 6.01. The quantitative estimate of drug-likeness (QED) is 0.874. The van der Waals surface area contributed by atoms with Crippen LogP contribution in [0.25, 0.3) is 0 Å².